The van der Waals surface area contributed by atoms with E-state index in [0.29, 0.717) is 62.4 Å². The van der Waals surface area contributed by atoms with Gasteiger partial charge in [-0.1, -0.05) is 26.0 Å². The van der Waals surface area contributed by atoms with E-state index < -0.39 is 17.7 Å². The zero-order valence-electron chi connectivity index (χ0n) is 23.2. The van der Waals surface area contributed by atoms with Crippen LogP contribution in [-0.4, -0.2) is 79.2 Å². The molecule has 2 aromatic carbocycles. The quantitative estimate of drug-likeness (QED) is 0.240. The van der Waals surface area contributed by atoms with Crippen molar-refractivity contribution in [2.24, 2.45) is 5.92 Å². The topological polar surface area (TPSA) is 88.5 Å². The van der Waals surface area contributed by atoms with Crippen LogP contribution in [-0.2, 0) is 14.3 Å². The van der Waals surface area contributed by atoms with E-state index in [9.17, 15) is 14.7 Å². The Balaban J connectivity index is 1.65. The van der Waals surface area contributed by atoms with Crippen molar-refractivity contribution in [2.45, 2.75) is 39.7 Å². The van der Waals surface area contributed by atoms with Crippen molar-refractivity contribution in [1.82, 2.24) is 9.80 Å². The van der Waals surface area contributed by atoms with Crippen LogP contribution in [0.4, 0.5) is 0 Å². The number of hydrogen-bond acceptors (Lipinski definition) is 7. The second kappa shape index (κ2) is 13.6. The van der Waals surface area contributed by atoms with E-state index in [0.717, 1.165) is 31.6 Å². The van der Waals surface area contributed by atoms with E-state index in [1.54, 1.807) is 29.2 Å². The predicted octanol–water partition coefficient (Wildman–Crippen LogP) is 4.65. The van der Waals surface area contributed by atoms with Gasteiger partial charge in [0.15, 0.2) is 0 Å². The molecule has 8 nitrogen and oxygen atoms in total. The number of ketones is 1. The van der Waals surface area contributed by atoms with Gasteiger partial charge in [0, 0.05) is 31.7 Å². The Morgan fingerprint density at radius 1 is 1.03 bits per heavy atom. The Labute approximate surface area is 231 Å². The zero-order valence-corrected chi connectivity index (χ0v) is 23.2. The van der Waals surface area contributed by atoms with E-state index in [-0.39, 0.29) is 11.3 Å². The minimum absolute atomic E-state index is 0.0925. The number of Topliss-reactive ketones (excluding diaryl/α,β-unsaturated/α-hetero) is 1. The number of rotatable bonds is 12. The number of carbonyl (C=O) groups is 2. The fraction of sp³-hybridized carbons (Fsp3) is 0.484. The van der Waals surface area contributed by atoms with E-state index in [2.05, 4.69) is 18.7 Å². The number of ether oxygens (including phenoxy) is 3. The second-order valence-corrected chi connectivity index (χ2v) is 10.4. The van der Waals surface area contributed by atoms with Crippen LogP contribution in [0.5, 0.6) is 11.5 Å². The summed E-state index contributed by atoms with van der Waals surface area (Å²) in [6.45, 7) is 11.6. The number of amides is 1. The molecule has 0 aromatic heterocycles. The van der Waals surface area contributed by atoms with Crippen molar-refractivity contribution < 1.29 is 28.9 Å². The minimum Gasteiger partial charge on any atom is -0.507 e. The first kappa shape index (κ1) is 28.6. The average molecular weight is 537 g/mol. The minimum atomic E-state index is -0.713. The third kappa shape index (κ3) is 7.19. The molecule has 39 heavy (non-hydrogen) atoms. The standard InChI is InChI=1S/C31H40N2O6/c1-4-38-25-11-9-23(10-12-25)29(34)27-28(24-7-5-8-26(21-24)39-18-13-22(2)3)33(31(36)30(27)35)15-6-14-32-16-19-37-20-17-32/h5,7-12,21-22,28,34H,4,6,13-20H2,1-3H3. The number of nitrogens with zero attached hydrogens (tertiary/aromatic N) is 2. The highest BCUT2D eigenvalue weighted by atomic mass is 16.5. The van der Waals surface area contributed by atoms with Gasteiger partial charge in [-0.15, -0.1) is 0 Å². The molecule has 1 unspecified atom stereocenters. The van der Waals surface area contributed by atoms with Crippen molar-refractivity contribution in [3.63, 3.8) is 0 Å². The number of carbonyl (C=O) groups excluding carboxylic acids is 2. The first-order valence-electron chi connectivity index (χ1n) is 13.9. The summed E-state index contributed by atoms with van der Waals surface area (Å²) in [5.74, 6) is 0.391. The molecule has 1 N–H and O–H groups in total. The van der Waals surface area contributed by atoms with Crippen molar-refractivity contribution in [3.05, 3.63) is 65.2 Å². The molecule has 4 rings (SSSR count). The molecule has 2 saturated heterocycles. The molecule has 210 valence electrons. The van der Waals surface area contributed by atoms with E-state index >= 15 is 0 Å². The van der Waals surface area contributed by atoms with Gasteiger partial charge in [-0.25, -0.2) is 0 Å². The van der Waals surface area contributed by atoms with Crippen LogP contribution in [0.2, 0.25) is 0 Å². The Kier molecular flexibility index (Phi) is 10.0. The molecule has 1 amide bonds. The van der Waals surface area contributed by atoms with Crippen LogP contribution in [0.25, 0.3) is 5.76 Å². The molecule has 0 saturated carbocycles. The van der Waals surface area contributed by atoms with E-state index in [4.69, 9.17) is 14.2 Å². The van der Waals surface area contributed by atoms with Crippen LogP contribution in [0.1, 0.15) is 50.8 Å². The van der Waals surface area contributed by atoms with Gasteiger partial charge in [-0.05, 0) is 67.6 Å². The van der Waals surface area contributed by atoms with Crippen LogP contribution >= 0.6 is 0 Å². The monoisotopic (exact) mass is 536 g/mol. The lowest BCUT2D eigenvalue weighted by molar-refractivity contribution is -0.140. The highest BCUT2D eigenvalue weighted by Gasteiger charge is 2.46. The van der Waals surface area contributed by atoms with E-state index in [1.165, 1.54) is 0 Å². The van der Waals surface area contributed by atoms with Gasteiger partial charge in [0.05, 0.1) is 38.0 Å². The fourth-order valence-electron chi connectivity index (χ4n) is 4.96. The van der Waals surface area contributed by atoms with Gasteiger partial charge in [0.1, 0.15) is 17.3 Å². The molecule has 2 heterocycles. The summed E-state index contributed by atoms with van der Waals surface area (Å²) < 4.78 is 16.9. The fourth-order valence-corrected chi connectivity index (χ4v) is 4.96. The van der Waals surface area contributed by atoms with Gasteiger partial charge < -0.3 is 24.2 Å². The summed E-state index contributed by atoms with van der Waals surface area (Å²) >= 11 is 0. The molecule has 0 spiro atoms. The Morgan fingerprint density at radius 3 is 2.46 bits per heavy atom. The number of likely N-dealkylation sites (tertiary alicyclic amines) is 1. The predicted molar refractivity (Wildman–Crippen MR) is 150 cm³/mol. The third-order valence-electron chi connectivity index (χ3n) is 7.09. The Bertz CT molecular complexity index is 1150. The van der Waals surface area contributed by atoms with Gasteiger partial charge in [-0.3, -0.25) is 14.5 Å². The highest BCUT2D eigenvalue weighted by molar-refractivity contribution is 6.46. The largest absolute Gasteiger partial charge is 0.507 e. The molecule has 2 aliphatic heterocycles. The number of benzene rings is 2. The van der Waals surface area contributed by atoms with Crippen molar-refractivity contribution >= 4 is 17.4 Å². The number of aliphatic hydroxyl groups is 1. The Morgan fingerprint density at radius 2 is 1.77 bits per heavy atom. The van der Waals surface area contributed by atoms with Crippen LogP contribution in [0.15, 0.2) is 54.1 Å². The Hall–Kier alpha value is -3.36. The first-order valence-corrected chi connectivity index (χ1v) is 13.9. The molecular formula is C31H40N2O6. The lowest BCUT2D eigenvalue weighted by atomic mass is 9.95. The molecule has 2 aliphatic rings. The smallest absolute Gasteiger partial charge is 0.295 e. The lowest BCUT2D eigenvalue weighted by Gasteiger charge is -2.29. The van der Waals surface area contributed by atoms with Gasteiger partial charge in [-0.2, -0.15) is 0 Å². The van der Waals surface area contributed by atoms with Gasteiger partial charge in [0.25, 0.3) is 11.7 Å². The van der Waals surface area contributed by atoms with Crippen molar-refractivity contribution in [2.75, 3.05) is 52.6 Å². The summed E-state index contributed by atoms with van der Waals surface area (Å²) in [4.78, 5) is 30.6. The number of hydrogen-bond donors (Lipinski definition) is 1. The normalized spacial score (nSPS) is 19.6. The van der Waals surface area contributed by atoms with Crippen LogP contribution < -0.4 is 9.47 Å². The SMILES string of the molecule is CCOc1ccc(C(O)=C2C(=O)C(=O)N(CCCN3CCOCC3)C2c2cccc(OCCC(C)C)c2)cc1. The van der Waals surface area contributed by atoms with Crippen molar-refractivity contribution in [3.8, 4) is 11.5 Å². The second-order valence-electron chi connectivity index (χ2n) is 10.4. The van der Waals surface area contributed by atoms with Gasteiger partial charge >= 0.3 is 0 Å². The van der Waals surface area contributed by atoms with Crippen molar-refractivity contribution in [1.29, 1.82) is 0 Å². The van der Waals surface area contributed by atoms with Gasteiger partial charge in [0.2, 0.25) is 0 Å². The maximum atomic E-state index is 13.4. The third-order valence-corrected chi connectivity index (χ3v) is 7.09. The molecule has 2 aromatic rings. The molecule has 0 bridgehead atoms. The summed E-state index contributed by atoms with van der Waals surface area (Å²) in [5.41, 5.74) is 1.28. The molecule has 1 atom stereocenters. The van der Waals surface area contributed by atoms with Crippen LogP contribution in [0.3, 0.4) is 0 Å². The zero-order chi connectivity index (χ0) is 27.8. The molecule has 0 aliphatic carbocycles. The summed E-state index contributed by atoms with van der Waals surface area (Å²) in [7, 11) is 0. The number of aliphatic hydroxyl groups excluding tert-OH is 1. The maximum absolute atomic E-state index is 13.4. The maximum Gasteiger partial charge on any atom is 0.295 e. The lowest BCUT2D eigenvalue weighted by Crippen LogP contribution is -2.38. The average Bonchev–Trinajstić information content (AvgIpc) is 3.19. The highest BCUT2D eigenvalue weighted by Crippen LogP contribution is 2.40. The van der Waals surface area contributed by atoms with Crippen LogP contribution in [0, 0.1) is 5.92 Å². The summed E-state index contributed by atoms with van der Waals surface area (Å²) in [5, 5.41) is 11.4. The summed E-state index contributed by atoms with van der Waals surface area (Å²) in [6.07, 6.45) is 1.62. The van der Waals surface area contributed by atoms with E-state index in [1.807, 2.05) is 31.2 Å². The molecular weight excluding hydrogens is 496 g/mol. The first-order chi connectivity index (χ1) is 18.9. The molecule has 2 fully saturated rings. The summed E-state index contributed by atoms with van der Waals surface area (Å²) in [6, 6.07) is 13.7. The number of morpholine rings is 1. The molecule has 0 radical (unpaired) electrons. The molecule has 8 heteroatoms.